The smallest absolute Gasteiger partial charge is 0.0672 e. The Morgan fingerprint density at radius 2 is 2.00 bits per heavy atom. The summed E-state index contributed by atoms with van der Waals surface area (Å²) in [6.45, 7) is 5.84. The third-order valence-electron chi connectivity index (χ3n) is 2.80. The lowest BCUT2D eigenvalue weighted by atomic mass is 9.93. The molecule has 0 saturated heterocycles. The van der Waals surface area contributed by atoms with E-state index in [0.29, 0.717) is 6.42 Å². The largest absolute Gasteiger partial charge is 0.390 e. The molecule has 96 valence electrons. The number of aliphatic hydroxyl groups is 1. The molecule has 17 heavy (non-hydrogen) atoms. The van der Waals surface area contributed by atoms with Crippen molar-refractivity contribution in [2.45, 2.75) is 38.7 Å². The molecule has 0 aliphatic carbocycles. The highest BCUT2D eigenvalue weighted by atomic mass is 35.5. The summed E-state index contributed by atoms with van der Waals surface area (Å²) < 4.78 is 0. The average molecular weight is 256 g/mol. The molecule has 0 aromatic heterocycles. The maximum atomic E-state index is 10.3. The molecule has 0 spiro atoms. The van der Waals surface area contributed by atoms with E-state index in [1.54, 1.807) is 0 Å². The minimum atomic E-state index is -0.703. The molecule has 0 aliphatic rings. The summed E-state index contributed by atoms with van der Waals surface area (Å²) >= 11 is 6.09. The van der Waals surface area contributed by atoms with Gasteiger partial charge in [0, 0.05) is 11.4 Å². The predicted molar refractivity (Wildman–Crippen MR) is 73.6 cm³/mol. The Morgan fingerprint density at radius 3 is 2.65 bits per heavy atom. The Kier molecular flexibility index (Phi) is 5.96. The number of halogens is 1. The summed E-state index contributed by atoms with van der Waals surface area (Å²) in [6.07, 6.45) is 2.45. The maximum absolute atomic E-state index is 10.3. The van der Waals surface area contributed by atoms with E-state index in [4.69, 9.17) is 11.6 Å². The molecule has 0 amide bonds. The van der Waals surface area contributed by atoms with Crippen LogP contribution in [-0.2, 0) is 6.42 Å². The van der Waals surface area contributed by atoms with Crippen LogP contribution in [0.5, 0.6) is 0 Å². The standard InChI is InChI=1S/C14H22ClNO/c1-3-9-16-10-8-14(2,17)11-12-6-4-5-7-13(12)15/h4-7,16-17H,3,8-11H2,1-2H3. The summed E-state index contributed by atoms with van der Waals surface area (Å²) in [6, 6.07) is 7.69. The Balaban J connectivity index is 2.46. The first-order valence-corrected chi connectivity index (χ1v) is 6.59. The first-order chi connectivity index (χ1) is 8.05. The molecular weight excluding hydrogens is 234 g/mol. The number of hydrogen-bond donors (Lipinski definition) is 2. The van der Waals surface area contributed by atoms with E-state index in [-0.39, 0.29) is 0 Å². The Labute approximate surface area is 109 Å². The molecule has 0 heterocycles. The molecular formula is C14H22ClNO. The zero-order chi connectivity index (χ0) is 12.7. The highest BCUT2D eigenvalue weighted by Crippen LogP contribution is 2.22. The average Bonchev–Trinajstić information content (AvgIpc) is 2.28. The van der Waals surface area contributed by atoms with Crippen LogP contribution in [0.2, 0.25) is 5.02 Å². The van der Waals surface area contributed by atoms with Crippen LogP contribution in [0.1, 0.15) is 32.3 Å². The topological polar surface area (TPSA) is 32.3 Å². The van der Waals surface area contributed by atoms with Crippen LogP contribution in [0.4, 0.5) is 0 Å². The van der Waals surface area contributed by atoms with E-state index in [0.717, 1.165) is 36.5 Å². The molecule has 0 saturated carbocycles. The SMILES string of the molecule is CCCNCCC(C)(O)Cc1ccccc1Cl. The van der Waals surface area contributed by atoms with Crippen LogP contribution >= 0.6 is 11.6 Å². The molecule has 1 atom stereocenters. The minimum Gasteiger partial charge on any atom is -0.390 e. The molecule has 0 bridgehead atoms. The van der Waals surface area contributed by atoms with Crippen molar-refractivity contribution in [3.05, 3.63) is 34.9 Å². The van der Waals surface area contributed by atoms with Crippen molar-refractivity contribution in [3.63, 3.8) is 0 Å². The van der Waals surface area contributed by atoms with Crippen molar-refractivity contribution < 1.29 is 5.11 Å². The third-order valence-corrected chi connectivity index (χ3v) is 3.16. The molecule has 2 nitrogen and oxygen atoms in total. The zero-order valence-electron chi connectivity index (χ0n) is 10.7. The van der Waals surface area contributed by atoms with Crippen molar-refractivity contribution in [2.24, 2.45) is 0 Å². The first-order valence-electron chi connectivity index (χ1n) is 6.21. The van der Waals surface area contributed by atoms with E-state index in [9.17, 15) is 5.11 Å². The Morgan fingerprint density at radius 1 is 1.29 bits per heavy atom. The lowest BCUT2D eigenvalue weighted by Gasteiger charge is -2.24. The van der Waals surface area contributed by atoms with Gasteiger partial charge in [-0.2, -0.15) is 0 Å². The molecule has 3 heteroatoms. The van der Waals surface area contributed by atoms with Gasteiger partial charge in [-0.05, 0) is 44.5 Å². The highest BCUT2D eigenvalue weighted by molar-refractivity contribution is 6.31. The van der Waals surface area contributed by atoms with Crippen molar-refractivity contribution in [2.75, 3.05) is 13.1 Å². The molecule has 2 N–H and O–H groups in total. The Hall–Kier alpha value is -0.570. The van der Waals surface area contributed by atoms with Crippen LogP contribution in [0.15, 0.2) is 24.3 Å². The van der Waals surface area contributed by atoms with Gasteiger partial charge in [-0.1, -0.05) is 36.7 Å². The van der Waals surface area contributed by atoms with Crippen molar-refractivity contribution in [3.8, 4) is 0 Å². The number of hydrogen-bond acceptors (Lipinski definition) is 2. The monoisotopic (exact) mass is 255 g/mol. The van der Waals surface area contributed by atoms with Gasteiger partial charge in [0.2, 0.25) is 0 Å². The van der Waals surface area contributed by atoms with Crippen LogP contribution < -0.4 is 5.32 Å². The lowest BCUT2D eigenvalue weighted by molar-refractivity contribution is 0.0516. The summed E-state index contributed by atoms with van der Waals surface area (Å²) in [5, 5.41) is 14.3. The van der Waals surface area contributed by atoms with E-state index in [2.05, 4.69) is 12.2 Å². The zero-order valence-corrected chi connectivity index (χ0v) is 11.4. The van der Waals surface area contributed by atoms with Gasteiger partial charge in [-0.15, -0.1) is 0 Å². The van der Waals surface area contributed by atoms with Gasteiger partial charge in [-0.25, -0.2) is 0 Å². The summed E-state index contributed by atoms with van der Waals surface area (Å²) in [4.78, 5) is 0. The molecule has 0 fully saturated rings. The molecule has 0 aliphatic heterocycles. The number of rotatable bonds is 7. The first kappa shape index (κ1) is 14.5. The van der Waals surface area contributed by atoms with Gasteiger partial charge in [-0.3, -0.25) is 0 Å². The number of nitrogens with one attached hydrogen (secondary N) is 1. The normalized spacial score (nSPS) is 14.6. The fourth-order valence-corrected chi connectivity index (χ4v) is 2.00. The summed E-state index contributed by atoms with van der Waals surface area (Å²) in [5.74, 6) is 0. The van der Waals surface area contributed by atoms with E-state index >= 15 is 0 Å². The predicted octanol–water partition coefficient (Wildman–Crippen LogP) is 3.02. The van der Waals surface area contributed by atoms with Gasteiger partial charge in [0.1, 0.15) is 0 Å². The van der Waals surface area contributed by atoms with Crippen LogP contribution in [-0.4, -0.2) is 23.8 Å². The van der Waals surface area contributed by atoms with Crippen molar-refractivity contribution >= 4 is 11.6 Å². The van der Waals surface area contributed by atoms with Gasteiger partial charge in [0.25, 0.3) is 0 Å². The highest BCUT2D eigenvalue weighted by Gasteiger charge is 2.21. The quantitative estimate of drug-likeness (QED) is 0.734. The number of benzene rings is 1. The van der Waals surface area contributed by atoms with E-state index < -0.39 is 5.60 Å². The van der Waals surface area contributed by atoms with Gasteiger partial charge in [0.05, 0.1) is 5.60 Å². The molecule has 1 aromatic rings. The summed E-state index contributed by atoms with van der Waals surface area (Å²) in [7, 11) is 0. The molecule has 1 unspecified atom stereocenters. The van der Waals surface area contributed by atoms with Crippen LogP contribution in [0, 0.1) is 0 Å². The fraction of sp³-hybridized carbons (Fsp3) is 0.571. The molecule has 1 rings (SSSR count). The minimum absolute atomic E-state index is 0.598. The van der Waals surface area contributed by atoms with E-state index in [1.807, 2.05) is 31.2 Å². The van der Waals surface area contributed by atoms with Crippen LogP contribution in [0.3, 0.4) is 0 Å². The second kappa shape index (κ2) is 7.00. The maximum Gasteiger partial charge on any atom is 0.0672 e. The molecule has 0 radical (unpaired) electrons. The second-order valence-electron chi connectivity index (χ2n) is 4.77. The fourth-order valence-electron chi connectivity index (χ4n) is 1.80. The van der Waals surface area contributed by atoms with Crippen molar-refractivity contribution in [1.29, 1.82) is 0 Å². The van der Waals surface area contributed by atoms with Crippen molar-refractivity contribution in [1.82, 2.24) is 5.32 Å². The van der Waals surface area contributed by atoms with Gasteiger partial charge < -0.3 is 10.4 Å². The molecule has 1 aromatic carbocycles. The van der Waals surface area contributed by atoms with Gasteiger partial charge >= 0.3 is 0 Å². The lowest BCUT2D eigenvalue weighted by Crippen LogP contribution is -2.32. The summed E-state index contributed by atoms with van der Waals surface area (Å²) in [5.41, 5.74) is 0.306. The van der Waals surface area contributed by atoms with E-state index in [1.165, 1.54) is 0 Å². The van der Waals surface area contributed by atoms with Crippen LogP contribution in [0.25, 0.3) is 0 Å². The third kappa shape index (κ3) is 5.53. The van der Waals surface area contributed by atoms with Gasteiger partial charge in [0.15, 0.2) is 0 Å². The Bertz CT molecular complexity index is 339. The second-order valence-corrected chi connectivity index (χ2v) is 5.17.